The average molecular weight is 789 g/mol. The maximum absolute atomic E-state index is 12.9. The van der Waals surface area contributed by atoms with Gasteiger partial charge in [0.25, 0.3) is 11.1 Å². The SMILES string of the molecule is CC[N+](CC)(CCCCC[N+](CC)(CC)CCn1cnc2c1c(=O)n(C)c(=O)n2C)CCn1cnc2c1c(=O)n(C)c(=O)n2C.[Br-].[Br-]. The smallest absolute Gasteiger partial charge is 0.332 e. The summed E-state index contributed by atoms with van der Waals surface area (Å²) in [6.07, 6.45) is 6.74. The van der Waals surface area contributed by atoms with Gasteiger partial charge in [-0.25, -0.2) is 19.6 Å². The lowest BCUT2D eigenvalue weighted by atomic mass is 10.1. The number of quaternary nitrogens is 2. The van der Waals surface area contributed by atoms with Crippen LogP contribution in [0.5, 0.6) is 0 Å². The predicted molar refractivity (Wildman–Crippen MR) is 176 cm³/mol. The van der Waals surface area contributed by atoms with E-state index in [1.165, 1.54) is 23.2 Å². The van der Waals surface area contributed by atoms with Crippen LogP contribution in [-0.2, 0) is 41.3 Å². The molecule has 47 heavy (non-hydrogen) atoms. The Kier molecular flexibility index (Phi) is 14.2. The highest BCUT2D eigenvalue weighted by Crippen LogP contribution is 2.16. The Labute approximate surface area is 296 Å². The van der Waals surface area contributed by atoms with Crippen molar-refractivity contribution in [1.82, 2.24) is 37.4 Å². The van der Waals surface area contributed by atoms with Gasteiger partial charge in [-0.1, -0.05) is 0 Å². The lowest BCUT2D eigenvalue weighted by Gasteiger charge is -2.38. The molecule has 0 aromatic carbocycles. The molecule has 0 amide bonds. The molecule has 4 aromatic heterocycles. The minimum absolute atomic E-state index is 0. The van der Waals surface area contributed by atoms with Crippen LogP contribution in [0.25, 0.3) is 22.3 Å². The van der Waals surface area contributed by atoms with Gasteiger partial charge in [-0.15, -0.1) is 0 Å². The minimum Gasteiger partial charge on any atom is -1.00 e. The first kappa shape index (κ1) is 40.4. The lowest BCUT2D eigenvalue weighted by Crippen LogP contribution is -3.00. The van der Waals surface area contributed by atoms with Crippen LogP contribution >= 0.6 is 0 Å². The van der Waals surface area contributed by atoms with Gasteiger partial charge in [0.05, 0.1) is 78.1 Å². The van der Waals surface area contributed by atoms with Gasteiger partial charge in [-0.3, -0.25) is 27.9 Å². The summed E-state index contributed by atoms with van der Waals surface area (Å²) in [5, 5.41) is 0. The second kappa shape index (κ2) is 16.5. The normalized spacial score (nSPS) is 12.1. The average Bonchev–Trinajstić information content (AvgIpc) is 3.69. The number of rotatable bonds is 16. The van der Waals surface area contributed by atoms with Crippen LogP contribution in [0.15, 0.2) is 31.8 Å². The zero-order valence-corrected chi connectivity index (χ0v) is 32.4. The minimum atomic E-state index is -0.368. The Hall–Kier alpha value is -2.82. The summed E-state index contributed by atoms with van der Waals surface area (Å²) in [7, 11) is 6.32. The molecule has 0 unspecified atom stereocenters. The summed E-state index contributed by atoms with van der Waals surface area (Å²) in [6.45, 7) is 18.2. The molecule has 0 fully saturated rings. The van der Waals surface area contributed by atoms with Crippen molar-refractivity contribution in [2.75, 3.05) is 52.4 Å². The highest BCUT2D eigenvalue weighted by atomic mass is 79.9. The van der Waals surface area contributed by atoms with E-state index < -0.39 is 0 Å². The van der Waals surface area contributed by atoms with Crippen molar-refractivity contribution in [3.63, 3.8) is 0 Å². The second-order valence-corrected chi connectivity index (χ2v) is 12.5. The topological polar surface area (TPSA) is 124 Å². The van der Waals surface area contributed by atoms with E-state index in [-0.39, 0.29) is 56.5 Å². The van der Waals surface area contributed by atoms with Crippen molar-refractivity contribution < 1.29 is 42.9 Å². The summed E-state index contributed by atoms with van der Waals surface area (Å²) < 4.78 is 10.9. The molecule has 0 saturated heterocycles. The number of aryl methyl sites for hydroxylation is 2. The first-order valence-electron chi connectivity index (χ1n) is 16.3. The molecule has 0 saturated carbocycles. The van der Waals surface area contributed by atoms with Crippen molar-refractivity contribution >= 4 is 22.3 Å². The van der Waals surface area contributed by atoms with E-state index in [0.717, 1.165) is 89.7 Å². The number of hydrogen-bond acceptors (Lipinski definition) is 6. The number of unbranched alkanes of at least 4 members (excludes halogenated alkanes) is 2. The van der Waals surface area contributed by atoms with Crippen molar-refractivity contribution in [3.8, 4) is 0 Å². The molecule has 0 radical (unpaired) electrons. The van der Waals surface area contributed by atoms with Gasteiger partial charge in [0.2, 0.25) is 0 Å². The van der Waals surface area contributed by atoms with Gasteiger partial charge in [0, 0.05) is 28.2 Å². The monoisotopic (exact) mass is 786 g/mol. The fourth-order valence-electron chi connectivity index (χ4n) is 6.78. The van der Waals surface area contributed by atoms with Crippen molar-refractivity contribution in [2.45, 2.75) is 60.0 Å². The number of fused-ring (bicyclic) bond motifs is 2. The highest BCUT2D eigenvalue weighted by Gasteiger charge is 2.26. The molecule has 0 aliphatic rings. The number of hydrogen-bond donors (Lipinski definition) is 0. The third kappa shape index (κ3) is 7.75. The van der Waals surface area contributed by atoms with Crippen LogP contribution in [0.1, 0.15) is 47.0 Å². The summed E-state index contributed by atoms with van der Waals surface area (Å²) in [5.41, 5.74) is 0.464. The molecule has 264 valence electrons. The van der Waals surface area contributed by atoms with Crippen LogP contribution < -0.4 is 56.5 Å². The van der Waals surface area contributed by atoms with E-state index in [2.05, 4.69) is 37.7 Å². The zero-order chi connectivity index (χ0) is 33.1. The Morgan fingerprint density at radius 2 is 0.872 bits per heavy atom. The molecule has 4 heterocycles. The van der Waals surface area contributed by atoms with Crippen molar-refractivity contribution in [2.24, 2.45) is 28.2 Å². The molecule has 4 rings (SSSR count). The van der Waals surface area contributed by atoms with Gasteiger partial charge in [-0.2, -0.15) is 0 Å². The Balaban J connectivity index is 0.00000384. The van der Waals surface area contributed by atoms with Gasteiger partial charge in [0.1, 0.15) is 0 Å². The second-order valence-electron chi connectivity index (χ2n) is 12.5. The molecule has 0 bridgehead atoms. The van der Waals surface area contributed by atoms with E-state index in [9.17, 15) is 19.2 Å². The molecule has 0 spiro atoms. The number of nitrogens with zero attached hydrogens (tertiary/aromatic N) is 10. The first-order chi connectivity index (χ1) is 21.4. The molecule has 4 aromatic rings. The van der Waals surface area contributed by atoms with Crippen LogP contribution in [0.4, 0.5) is 0 Å². The third-order valence-electron chi connectivity index (χ3n) is 10.5. The fourth-order valence-corrected chi connectivity index (χ4v) is 6.78. The molecule has 16 heteroatoms. The van der Waals surface area contributed by atoms with Gasteiger partial charge in [-0.05, 0) is 47.0 Å². The van der Waals surface area contributed by atoms with Crippen LogP contribution in [-0.4, -0.2) is 98.7 Å². The van der Waals surface area contributed by atoms with Crippen LogP contribution in [0.2, 0.25) is 0 Å². The summed E-state index contributed by atoms with van der Waals surface area (Å²) >= 11 is 0. The van der Waals surface area contributed by atoms with E-state index in [1.807, 2.05) is 9.13 Å². The Morgan fingerprint density at radius 1 is 0.532 bits per heavy atom. The van der Waals surface area contributed by atoms with E-state index in [4.69, 9.17) is 0 Å². The van der Waals surface area contributed by atoms with E-state index in [1.54, 1.807) is 26.7 Å². The molecule has 0 N–H and O–H groups in total. The molecular formula is C31H52Br2N10O4. The predicted octanol–water partition coefficient (Wildman–Crippen LogP) is -5.23. The van der Waals surface area contributed by atoms with Gasteiger partial charge < -0.3 is 52.1 Å². The van der Waals surface area contributed by atoms with Crippen molar-refractivity contribution in [3.05, 3.63) is 54.3 Å². The largest absolute Gasteiger partial charge is 1.00 e. The summed E-state index contributed by atoms with van der Waals surface area (Å²) in [5.74, 6) is 0. The summed E-state index contributed by atoms with van der Waals surface area (Å²) in [4.78, 5) is 59.2. The number of imidazole rings is 2. The number of likely N-dealkylation sites (N-methyl/N-ethyl adjacent to an activating group) is 2. The maximum Gasteiger partial charge on any atom is 0.332 e. The molecule has 0 aliphatic carbocycles. The molecule has 0 atom stereocenters. The molecular weight excluding hydrogens is 736 g/mol. The third-order valence-corrected chi connectivity index (χ3v) is 10.5. The van der Waals surface area contributed by atoms with E-state index >= 15 is 0 Å². The zero-order valence-electron chi connectivity index (χ0n) is 29.2. The van der Waals surface area contributed by atoms with Crippen molar-refractivity contribution in [1.29, 1.82) is 0 Å². The Bertz CT molecular complexity index is 1750. The maximum atomic E-state index is 12.9. The molecule has 0 aliphatic heterocycles. The van der Waals surface area contributed by atoms with Gasteiger partial charge >= 0.3 is 11.4 Å². The lowest BCUT2D eigenvalue weighted by molar-refractivity contribution is -0.927. The number of aromatic nitrogens is 8. The standard InChI is InChI=1S/C31H52N10O4.2BrH/c1-9-40(10-2,20-16-38-22-32-26-24(38)28(42)36(7)30(44)34(26)5)18-14-13-15-19-41(11-3,12-4)21-17-39-23-33-27-25(39)29(43)37(8)31(45)35(27)6;;/h22-23H,9-21H2,1-8H3;2*1H/q+2;;/p-2. The highest BCUT2D eigenvalue weighted by molar-refractivity contribution is 5.70. The fraction of sp³-hybridized carbons (Fsp3) is 0.677. The van der Waals surface area contributed by atoms with Crippen LogP contribution in [0.3, 0.4) is 0 Å². The summed E-state index contributed by atoms with van der Waals surface area (Å²) in [6, 6.07) is 0. The van der Waals surface area contributed by atoms with Crippen LogP contribution in [0, 0.1) is 0 Å². The quantitative estimate of drug-likeness (QED) is 0.0828. The van der Waals surface area contributed by atoms with Gasteiger partial charge in [0.15, 0.2) is 22.3 Å². The van der Waals surface area contributed by atoms with E-state index in [0.29, 0.717) is 35.4 Å². The Morgan fingerprint density at radius 3 is 1.19 bits per heavy atom. The number of halogens is 2. The molecule has 14 nitrogen and oxygen atoms in total. The first-order valence-corrected chi connectivity index (χ1v) is 16.3.